The fraction of sp³-hybridized carbons (Fsp3) is 0.312. The van der Waals surface area contributed by atoms with E-state index < -0.39 is 8.07 Å². The maximum Gasteiger partial charge on any atom is 0.343 e. The van der Waals surface area contributed by atoms with E-state index in [9.17, 15) is 4.79 Å². The van der Waals surface area contributed by atoms with Gasteiger partial charge in [0.2, 0.25) is 0 Å². The summed E-state index contributed by atoms with van der Waals surface area (Å²) in [5, 5.41) is 0. The highest BCUT2D eigenvalue weighted by molar-refractivity contribution is 6.81. The van der Waals surface area contributed by atoms with Crippen LogP contribution in [0.3, 0.4) is 0 Å². The van der Waals surface area contributed by atoms with Crippen molar-refractivity contribution in [1.82, 2.24) is 0 Å². The Morgan fingerprint density at radius 2 is 1.68 bits per heavy atom. The highest BCUT2D eigenvalue weighted by Crippen LogP contribution is 2.13. The molecule has 0 aliphatic rings. The minimum Gasteiger partial charge on any atom is -0.423 e. The van der Waals surface area contributed by atoms with Gasteiger partial charge in [0, 0.05) is 0 Å². The third-order valence-electron chi connectivity index (χ3n) is 2.44. The lowest BCUT2D eigenvalue weighted by molar-refractivity contribution is 0.0633. The second-order valence-corrected chi connectivity index (χ2v) is 10.9. The first kappa shape index (κ1) is 15.4. The van der Waals surface area contributed by atoms with E-state index in [1.807, 2.05) is 38.1 Å². The number of hydrogen-bond donors (Lipinski definition) is 0. The van der Waals surface area contributed by atoms with E-state index >= 15 is 0 Å². The molecule has 1 aromatic rings. The van der Waals surface area contributed by atoms with E-state index in [0.717, 1.165) is 5.57 Å². The van der Waals surface area contributed by atoms with Crippen LogP contribution >= 0.6 is 0 Å². The Labute approximate surface area is 116 Å². The van der Waals surface area contributed by atoms with Gasteiger partial charge >= 0.3 is 5.97 Å². The van der Waals surface area contributed by atoms with Crippen LogP contribution in [0.5, 0.6) is 0 Å². The molecule has 102 valence electrons. The van der Waals surface area contributed by atoms with Crippen molar-refractivity contribution in [3.63, 3.8) is 0 Å². The average molecular weight is 274 g/mol. The highest BCUT2D eigenvalue weighted by atomic mass is 28.3. The van der Waals surface area contributed by atoms with Crippen LogP contribution in [0.4, 0.5) is 0 Å². The topological polar surface area (TPSA) is 26.3 Å². The van der Waals surface area contributed by atoms with Crippen LogP contribution in [0.25, 0.3) is 0 Å². The van der Waals surface area contributed by atoms with Gasteiger partial charge in [0.1, 0.15) is 5.76 Å². The molecule has 0 aliphatic carbocycles. The monoisotopic (exact) mass is 274 g/mol. The fourth-order valence-electron chi connectivity index (χ4n) is 1.36. The molecule has 0 bridgehead atoms. The molecular weight excluding hydrogens is 252 g/mol. The lowest BCUT2D eigenvalue weighted by Gasteiger charge is -2.11. The number of ether oxygens (including phenoxy) is 1. The van der Waals surface area contributed by atoms with Crippen LogP contribution < -0.4 is 0 Å². The van der Waals surface area contributed by atoms with Gasteiger partial charge in [-0.3, -0.25) is 0 Å². The maximum atomic E-state index is 12.0. The molecule has 0 aliphatic heterocycles. The molecule has 0 N–H and O–H groups in total. The largest absolute Gasteiger partial charge is 0.423 e. The Kier molecular flexibility index (Phi) is 5.30. The van der Waals surface area contributed by atoms with Crippen LogP contribution in [0.15, 0.2) is 53.4 Å². The predicted octanol–water partition coefficient (Wildman–Crippen LogP) is 4.57. The molecule has 0 amide bonds. The van der Waals surface area contributed by atoms with Crippen LogP contribution in [-0.4, -0.2) is 14.0 Å². The summed E-state index contributed by atoms with van der Waals surface area (Å²) in [6, 6.07) is 9.05. The number of allylic oxidation sites excluding steroid dienone is 2. The summed E-state index contributed by atoms with van der Waals surface area (Å²) < 4.78 is 5.47. The summed E-state index contributed by atoms with van der Waals surface area (Å²) in [7, 11) is -1.30. The zero-order valence-electron chi connectivity index (χ0n) is 12.4. The van der Waals surface area contributed by atoms with Crippen molar-refractivity contribution in [2.75, 3.05) is 0 Å². The summed E-state index contributed by atoms with van der Waals surface area (Å²) in [6.07, 6.45) is 1.93. The van der Waals surface area contributed by atoms with E-state index in [-0.39, 0.29) is 5.97 Å². The van der Waals surface area contributed by atoms with Gasteiger partial charge in [-0.05, 0) is 37.6 Å². The van der Waals surface area contributed by atoms with Crippen molar-refractivity contribution in [3.8, 4) is 0 Å². The van der Waals surface area contributed by atoms with Gasteiger partial charge in [0.25, 0.3) is 0 Å². The van der Waals surface area contributed by atoms with E-state index in [0.29, 0.717) is 11.3 Å². The molecule has 1 aromatic carbocycles. The molecule has 0 aromatic heterocycles. The summed E-state index contributed by atoms with van der Waals surface area (Å²) in [5.41, 5.74) is 3.74. The van der Waals surface area contributed by atoms with Crippen molar-refractivity contribution < 1.29 is 9.53 Å². The SMILES string of the molecule is CC(C)=C(/C=C\[Si](C)(C)C)OC(=O)c1ccccc1. The first-order valence-corrected chi connectivity index (χ1v) is 10.0. The van der Waals surface area contributed by atoms with Crippen molar-refractivity contribution in [3.05, 3.63) is 59.0 Å². The molecule has 0 radical (unpaired) electrons. The highest BCUT2D eigenvalue weighted by Gasteiger charge is 2.11. The molecule has 1 rings (SSSR count). The fourth-order valence-corrected chi connectivity index (χ4v) is 2.01. The number of carbonyl (C=O) groups is 1. The Bertz CT molecular complexity index is 489. The molecule has 0 saturated heterocycles. The average Bonchev–Trinajstić information content (AvgIpc) is 2.33. The van der Waals surface area contributed by atoms with Gasteiger partial charge < -0.3 is 4.74 Å². The molecule has 19 heavy (non-hydrogen) atoms. The number of benzene rings is 1. The Balaban J connectivity index is 2.85. The number of rotatable bonds is 4. The van der Waals surface area contributed by atoms with Crippen molar-refractivity contribution in [1.29, 1.82) is 0 Å². The molecule has 2 nitrogen and oxygen atoms in total. The van der Waals surface area contributed by atoms with E-state index in [2.05, 4.69) is 25.3 Å². The maximum absolute atomic E-state index is 12.0. The zero-order valence-corrected chi connectivity index (χ0v) is 13.4. The summed E-state index contributed by atoms with van der Waals surface area (Å²) >= 11 is 0. The molecule has 0 heterocycles. The zero-order chi connectivity index (χ0) is 14.5. The van der Waals surface area contributed by atoms with E-state index in [1.165, 1.54) is 0 Å². The Hall–Kier alpha value is -1.61. The Morgan fingerprint density at radius 1 is 1.11 bits per heavy atom. The van der Waals surface area contributed by atoms with E-state index in [1.54, 1.807) is 12.1 Å². The lowest BCUT2D eigenvalue weighted by Crippen LogP contribution is -2.16. The van der Waals surface area contributed by atoms with Crippen LogP contribution in [0, 0.1) is 0 Å². The molecule has 0 spiro atoms. The minimum absolute atomic E-state index is 0.308. The van der Waals surface area contributed by atoms with Crippen molar-refractivity contribution >= 4 is 14.0 Å². The quantitative estimate of drug-likeness (QED) is 0.348. The number of carbonyl (C=O) groups excluding carboxylic acids is 1. The number of hydrogen-bond acceptors (Lipinski definition) is 2. The minimum atomic E-state index is -1.30. The standard InChI is InChI=1S/C16H22O2Si/c1-13(2)15(11-12-19(3,4)5)18-16(17)14-9-7-6-8-10-14/h6-12H,1-5H3/b12-11-. The molecular formula is C16H22O2Si. The summed E-state index contributed by atoms with van der Waals surface area (Å²) in [4.78, 5) is 12.0. The third-order valence-corrected chi connectivity index (χ3v) is 3.61. The van der Waals surface area contributed by atoms with Crippen molar-refractivity contribution in [2.45, 2.75) is 33.5 Å². The summed E-state index contributed by atoms with van der Waals surface area (Å²) in [6.45, 7) is 10.6. The van der Waals surface area contributed by atoms with E-state index in [4.69, 9.17) is 4.74 Å². The van der Waals surface area contributed by atoms with Gasteiger partial charge in [-0.15, -0.1) is 0 Å². The third kappa shape index (κ3) is 5.70. The first-order chi connectivity index (χ1) is 8.79. The van der Waals surface area contributed by atoms with Crippen LogP contribution in [-0.2, 0) is 4.74 Å². The van der Waals surface area contributed by atoms with Gasteiger partial charge in [-0.2, -0.15) is 0 Å². The molecule has 0 saturated carbocycles. The van der Waals surface area contributed by atoms with Crippen LogP contribution in [0.1, 0.15) is 24.2 Å². The normalized spacial score (nSPS) is 11.4. The summed E-state index contributed by atoms with van der Waals surface area (Å²) in [5.74, 6) is 0.341. The molecule has 0 unspecified atom stereocenters. The van der Waals surface area contributed by atoms with Gasteiger partial charge in [0.05, 0.1) is 13.6 Å². The molecule has 0 fully saturated rings. The van der Waals surface area contributed by atoms with Gasteiger partial charge in [-0.25, -0.2) is 4.79 Å². The second-order valence-electron chi connectivity index (χ2n) is 5.82. The van der Waals surface area contributed by atoms with Crippen molar-refractivity contribution in [2.24, 2.45) is 0 Å². The predicted molar refractivity (Wildman–Crippen MR) is 82.7 cm³/mol. The smallest absolute Gasteiger partial charge is 0.343 e. The first-order valence-electron chi connectivity index (χ1n) is 6.43. The Morgan fingerprint density at radius 3 is 2.16 bits per heavy atom. The van der Waals surface area contributed by atoms with Crippen LogP contribution in [0.2, 0.25) is 19.6 Å². The lowest BCUT2D eigenvalue weighted by atomic mass is 10.2. The number of esters is 1. The molecule has 0 atom stereocenters. The second kappa shape index (κ2) is 6.52. The van der Waals surface area contributed by atoms with Gasteiger partial charge in [0.15, 0.2) is 0 Å². The van der Waals surface area contributed by atoms with Gasteiger partial charge in [-0.1, -0.05) is 43.5 Å². The molecule has 3 heteroatoms.